The summed E-state index contributed by atoms with van der Waals surface area (Å²) in [5.74, 6) is 0.628. The summed E-state index contributed by atoms with van der Waals surface area (Å²) in [7, 11) is -3.49. The van der Waals surface area contributed by atoms with Crippen LogP contribution in [0, 0.1) is 0 Å². The van der Waals surface area contributed by atoms with Crippen LogP contribution >= 0.6 is 0 Å². The average Bonchev–Trinajstić information content (AvgIpc) is 2.45. The quantitative estimate of drug-likeness (QED) is 0.842. The zero-order chi connectivity index (χ0) is 15.3. The lowest BCUT2D eigenvalue weighted by Crippen LogP contribution is -2.47. The van der Waals surface area contributed by atoms with E-state index in [0.29, 0.717) is 18.9 Å². The zero-order valence-corrected chi connectivity index (χ0v) is 13.3. The summed E-state index contributed by atoms with van der Waals surface area (Å²) in [5, 5.41) is 0. The van der Waals surface area contributed by atoms with Gasteiger partial charge in [0.05, 0.1) is 4.90 Å². The van der Waals surface area contributed by atoms with Crippen LogP contribution in [0.15, 0.2) is 29.2 Å². The smallest absolute Gasteiger partial charge is 0.241 e. The van der Waals surface area contributed by atoms with Crippen LogP contribution in [0.4, 0.5) is 0 Å². The highest BCUT2D eigenvalue weighted by Crippen LogP contribution is 2.29. The van der Waals surface area contributed by atoms with Crippen molar-refractivity contribution in [3.05, 3.63) is 24.3 Å². The highest BCUT2D eigenvalue weighted by molar-refractivity contribution is 7.89. The van der Waals surface area contributed by atoms with Gasteiger partial charge in [0.25, 0.3) is 0 Å². The maximum atomic E-state index is 12.5. The summed E-state index contributed by atoms with van der Waals surface area (Å²) in [5.41, 5.74) is 5.04. The molecule has 1 aliphatic carbocycles. The first-order chi connectivity index (χ1) is 9.95. The van der Waals surface area contributed by atoms with Crippen LogP contribution in [0.1, 0.15) is 39.0 Å². The van der Waals surface area contributed by atoms with E-state index in [-0.39, 0.29) is 10.4 Å². The molecule has 21 heavy (non-hydrogen) atoms. The number of hydrogen-bond acceptors (Lipinski definition) is 4. The van der Waals surface area contributed by atoms with Gasteiger partial charge in [-0.15, -0.1) is 0 Å². The fourth-order valence-electron chi connectivity index (χ4n) is 2.71. The molecule has 1 aromatic rings. The second-order valence-electron chi connectivity index (χ2n) is 5.84. The zero-order valence-electron chi connectivity index (χ0n) is 12.5. The van der Waals surface area contributed by atoms with Crippen molar-refractivity contribution < 1.29 is 13.2 Å². The topological polar surface area (TPSA) is 81.4 Å². The van der Waals surface area contributed by atoms with Crippen molar-refractivity contribution in [2.45, 2.75) is 49.5 Å². The van der Waals surface area contributed by atoms with Crippen molar-refractivity contribution in [3.8, 4) is 5.75 Å². The van der Waals surface area contributed by atoms with Crippen LogP contribution in [0.5, 0.6) is 5.75 Å². The van der Waals surface area contributed by atoms with Crippen molar-refractivity contribution in [1.29, 1.82) is 0 Å². The molecule has 6 heteroatoms. The normalized spacial score (nSPS) is 18.4. The van der Waals surface area contributed by atoms with Gasteiger partial charge in [0, 0.05) is 12.1 Å². The summed E-state index contributed by atoms with van der Waals surface area (Å²) in [4.78, 5) is 0.273. The molecule has 0 aromatic heterocycles. The second-order valence-corrected chi connectivity index (χ2v) is 7.52. The van der Waals surface area contributed by atoms with Gasteiger partial charge in [-0.3, -0.25) is 0 Å². The van der Waals surface area contributed by atoms with Gasteiger partial charge in [-0.2, -0.15) is 0 Å². The number of hydrogen-bond donors (Lipinski definition) is 2. The summed E-state index contributed by atoms with van der Waals surface area (Å²) in [6.07, 6.45) is 5.12. The standard InChI is InChI=1S/C15H24N2O3S/c1-15(9-3-2-4-10-15)17-21(18,19)14-7-5-13(6-8-14)20-12-11-16/h5-8,17H,2-4,9-12,16H2,1H3. The molecule has 3 N–H and O–H groups in total. The molecule has 118 valence electrons. The molecule has 0 radical (unpaired) electrons. The fourth-order valence-corrected chi connectivity index (χ4v) is 4.17. The van der Waals surface area contributed by atoms with Crippen LogP contribution in [0.25, 0.3) is 0 Å². The van der Waals surface area contributed by atoms with E-state index in [4.69, 9.17) is 10.5 Å². The van der Waals surface area contributed by atoms with E-state index in [1.807, 2.05) is 6.92 Å². The minimum absolute atomic E-state index is 0.273. The Morgan fingerprint density at radius 2 is 1.81 bits per heavy atom. The van der Waals surface area contributed by atoms with E-state index in [1.165, 1.54) is 6.42 Å². The van der Waals surface area contributed by atoms with Crippen LogP contribution in [0.2, 0.25) is 0 Å². The van der Waals surface area contributed by atoms with E-state index in [2.05, 4.69) is 4.72 Å². The average molecular weight is 312 g/mol. The van der Waals surface area contributed by atoms with E-state index in [1.54, 1.807) is 24.3 Å². The molecule has 0 saturated heterocycles. The van der Waals surface area contributed by atoms with E-state index in [9.17, 15) is 8.42 Å². The maximum Gasteiger partial charge on any atom is 0.241 e. The first-order valence-electron chi connectivity index (χ1n) is 7.42. The molecule has 1 fully saturated rings. The molecule has 2 rings (SSSR count). The van der Waals surface area contributed by atoms with Gasteiger partial charge in [-0.1, -0.05) is 19.3 Å². The van der Waals surface area contributed by atoms with Gasteiger partial charge in [0.1, 0.15) is 12.4 Å². The lowest BCUT2D eigenvalue weighted by atomic mass is 9.84. The first kappa shape index (κ1) is 16.3. The minimum Gasteiger partial charge on any atom is -0.492 e. The Kier molecular flexibility index (Phi) is 5.24. The lowest BCUT2D eigenvalue weighted by molar-refractivity contribution is 0.294. The predicted octanol–water partition coefficient (Wildman–Crippen LogP) is 2.03. The van der Waals surface area contributed by atoms with Crippen molar-refractivity contribution in [3.63, 3.8) is 0 Å². The molecular formula is C15H24N2O3S. The van der Waals surface area contributed by atoms with Gasteiger partial charge in [-0.05, 0) is 44.0 Å². The second kappa shape index (κ2) is 6.77. The number of nitrogens with two attached hydrogens (primary N) is 1. The first-order valence-corrected chi connectivity index (χ1v) is 8.90. The Morgan fingerprint density at radius 3 is 2.38 bits per heavy atom. The molecular weight excluding hydrogens is 288 g/mol. The third-order valence-corrected chi connectivity index (χ3v) is 5.51. The number of ether oxygens (including phenoxy) is 1. The van der Waals surface area contributed by atoms with E-state index in [0.717, 1.165) is 25.7 Å². The highest BCUT2D eigenvalue weighted by Gasteiger charge is 2.31. The van der Waals surface area contributed by atoms with Crippen LogP contribution in [-0.2, 0) is 10.0 Å². The minimum atomic E-state index is -3.49. The Bertz CT molecular complexity index is 549. The lowest BCUT2D eigenvalue weighted by Gasteiger charge is -2.34. The molecule has 0 bridgehead atoms. The predicted molar refractivity (Wildman–Crippen MR) is 82.8 cm³/mol. The molecule has 1 aliphatic rings. The van der Waals surface area contributed by atoms with Crippen molar-refractivity contribution >= 4 is 10.0 Å². The number of nitrogens with one attached hydrogen (secondary N) is 1. The third kappa shape index (κ3) is 4.43. The van der Waals surface area contributed by atoms with Crippen molar-refractivity contribution in [2.75, 3.05) is 13.2 Å². The Hall–Kier alpha value is -1.11. The highest BCUT2D eigenvalue weighted by atomic mass is 32.2. The van der Waals surface area contributed by atoms with Gasteiger partial charge >= 0.3 is 0 Å². The maximum absolute atomic E-state index is 12.5. The summed E-state index contributed by atoms with van der Waals surface area (Å²) < 4.78 is 33.1. The van der Waals surface area contributed by atoms with E-state index < -0.39 is 10.0 Å². The molecule has 0 aliphatic heterocycles. The molecule has 0 unspecified atom stereocenters. The molecule has 1 saturated carbocycles. The van der Waals surface area contributed by atoms with Crippen molar-refractivity contribution in [1.82, 2.24) is 4.72 Å². The van der Waals surface area contributed by atoms with E-state index >= 15 is 0 Å². The largest absolute Gasteiger partial charge is 0.492 e. The molecule has 0 atom stereocenters. The van der Waals surface area contributed by atoms with Crippen LogP contribution < -0.4 is 15.2 Å². The summed E-state index contributed by atoms with van der Waals surface area (Å²) >= 11 is 0. The Labute approximate surface area is 126 Å². The van der Waals surface area contributed by atoms with Gasteiger partial charge < -0.3 is 10.5 Å². The number of sulfonamides is 1. The van der Waals surface area contributed by atoms with Gasteiger partial charge in [0.2, 0.25) is 10.0 Å². The van der Waals surface area contributed by atoms with Gasteiger partial charge in [-0.25, -0.2) is 13.1 Å². The Morgan fingerprint density at radius 1 is 1.19 bits per heavy atom. The fraction of sp³-hybridized carbons (Fsp3) is 0.600. The number of rotatable bonds is 6. The summed E-state index contributed by atoms with van der Waals surface area (Å²) in [6, 6.07) is 6.46. The van der Waals surface area contributed by atoms with Gasteiger partial charge in [0.15, 0.2) is 0 Å². The van der Waals surface area contributed by atoms with Crippen LogP contribution in [-0.4, -0.2) is 27.1 Å². The molecule has 0 spiro atoms. The molecule has 0 amide bonds. The van der Waals surface area contributed by atoms with Crippen LogP contribution in [0.3, 0.4) is 0 Å². The molecule has 5 nitrogen and oxygen atoms in total. The SMILES string of the molecule is CC1(NS(=O)(=O)c2ccc(OCCN)cc2)CCCCC1. The summed E-state index contributed by atoms with van der Waals surface area (Å²) in [6.45, 7) is 2.84. The molecule has 1 aromatic carbocycles. The molecule has 0 heterocycles. The van der Waals surface area contributed by atoms with Crippen molar-refractivity contribution in [2.24, 2.45) is 5.73 Å². The Balaban J connectivity index is 2.08. The number of benzene rings is 1. The third-order valence-electron chi connectivity index (χ3n) is 3.86. The monoisotopic (exact) mass is 312 g/mol.